The number of halogens is 8. The molecule has 1 rings (SSSR count). The molecular formula is C13H16ClF7N2. The Balaban J connectivity index is 0.00000484. The molecule has 134 valence electrons. The van der Waals surface area contributed by atoms with Crippen molar-refractivity contribution in [2.75, 3.05) is 6.54 Å². The minimum atomic E-state index is -5.14. The van der Waals surface area contributed by atoms with E-state index in [1.165, 1.54) is 0 Å². The Morgan fingerprint density at radius 3 is 1.96 bits per heavy atom. The lowest BCUT2D eigenvalue weighted by Gasteiger charge is -2.21. The summed E-state index contributed by atoms with van der Waals surface area (Å²) in [5, 5.41) is 0. The zero-order valence-electron chi connectivity index (χ0n) is 11.8. The Morgan fingerprint density at radius 1 is 0.957 bits per heavy atom. The highest BCUT2D eigenvalue weighted by Crippen LogP contribution is 2.40. The molecule has 0 fully saturated rings. The fraction of sp³-hybridized carbons (Fsp3) is 0.538. The molecule has 10 heteroatoms. The maximum absolute atomic E-state index is 13.8. The lowest BCUT2D eigenvalue weighted by atomic mass is 9.94. The Kier molecular flexibility index (Phi) is 7.79. The third kappa shape index (κ3) is 5.82. The second kappa shape index (κ2) is 8.16. The van der Waals surface area contributed by atoms with E-state index in [1.807, 2.05) is 0 Å². The van der Waals surface area contributed by atoms with Crippen LogP contribution in [0.3, 0.4) is 0 Å². The van der Waals surface area contributed by atoms with Gasteiger partial charge in [-0.25, -0.2) is 4.39 Å². The first-order valence-corrected chi connectivity index (χ1v) is 6.42. The molecule has 0 aliphatic carbocycles. The van der Waals surface area contributed by atoms with Gasteiger partial charge in [-0.1, -0.05) is 6.42 Å². The number of rotatable bonds is 5. The van der Waals surface area contributed by atoms with Crippen LogP contribution in [-0.2, 0) is 12.4 Å². The first kappa shape index (κ1) is 21.9. The molecule has 0 radical (unpaired) electrons. The lowest BCUT2D eigenvalue weighted by Crippen LogP contribution is -2.21. The minimum Gasteiger partial charge on any atom is -0.330 e. The van der Waals surface area contributed by atoms with Crippen molar-refractivity contribution in [3.63, 3.8) is 0 Å². The Hall–Kier alpha value is -1.06. The fourth-order valence-electron chi connectivity index (χ4n) is 2.05. The van der Waals surface area contributed by atoms with E-state index in [9.17, 15) is 30.7 Å². The van der Waals surface area contributed by atoms with Crippen LogP contribution in [0.5, 0.6) is 0 Å². The van der Waals surface area contributed by atoms with Gasteiger partial charge in [-0.15, -0.1) is 12.4 Å². The van der Waals surface area contributed by atoms with E-state index < -0.39 is 40.9 Å². The maximum Gasteiger partial charge on any atom is 0.416 e. The van der Waals surface area contributed by atoms with Gasteiger partial charge in [0.15, 0.2) is 0 Å². The van der Waals surface area contributed by atoms with Gasteiger partial charge >= 0.3 is 12.4 Å². The Morgan fingerprint density at radius 2 is 1.52 bits per heavy atom. The summed E-state index contributed by atoms with van der Waals surface area (Å²) in [5.41, 5.74) is 6.42. The van der Waals surface area contributed by atoms with Crippen molar-refractivity contribution in [1.82, 2.24) is 0 Å². The zero-order chi connectivity index (χ0) is 17.1. The van der Waals surface area contributed by atoms with Gasteiger partial charge in [-0.05, 0) is 31.5 Å². The summed E-state index contributed by atoms with van der Waals surface area (Å²) >= 11 is 0. The minimum absolute atomic E-state index is 0. The molecule has 23 heavy (non-hydrogen) atoms. The molecule has 0 aliphatic rings. The first-order chi connectivity index (χ1) is 9.98. The number of nitrogens with two attached hydrogens (primary N) is 2. The number of unbranched alkanes of at least 4 members (excludes halogenated alkanes) is 1. The smallest absolute Gasteiger partial charge is 0.330 e. The number of hydrogen-bond acceptors (Lipinski definition) is 2. The average molecular weight is 369 g/mol. The summed E-state index contributed by atoms with van der Waals surface area (Å²) in [6, 6.07) is -1.43. The molecule has 0 aromatic heterocycles. The van der Waals surface area contributed by atoms with E-state index in [2.05, 4.69) is 0 Å². The molecule has 0 saturated heterocycles. The first-order valence-electron chi connectivity index (χ1n) is 6.42. The predicted molar refractivity (Wildman–Crippen MR) is 73.5 cm³/mol. The molecule has 0 saturated carbocycles. The van der Waals surface area contributed by atoms with Crippen molar-refractivity contribution >= 4 is 12.4 Å². The summed E-state index contributed by atoms with van der Waals surface area (Å²) in [4.78, 5) is 0. The van der Waals surface area contributed by atoms with E-state index >= 15 is 0 Å². The van der Waals surface area contributed by atoms with Crippen LogP contribution in [0.4, 0.5) is 30.7 Å². The normalized spacial score (nSPS) is 13.6. The topological polar surface area (TPSA) is 52.0 Å². The van der Waals surface area contributed by atoms with E-state index in [0.29, 0.717) is 12.8 Å². The van der Waals surface area contributed by atoms with Gasteiger partial charge in [0.2, 0.25) is 0 Å². The van der Waals surface area contributed by atoms with E-state index in [-0.39, 0.29) is 37.5 Å². The number of alkyl halides is 6. The van der Waals surface area contributed by atoms with E-state index in [0.717, 1.165) is 0 Å². The fourth-order valence-corrected chi connectivity index (χ4v) is 2.05. The molecule has 0 spiro atoms. The van der Waals surface area contributed by atoms with Crippen molar-refractivity contribution in [1.29, 1.82) is 0 Å². The summed E-state index contributed by atoms with van der Waals surface area (Å²) in [6.45, 7) is 0.286. The maximum atomic E-state index is 13.8. The van der Waals surface area contributed by atoms with Crippen molar-refractivity contribution in [3.8, 4) is 0 Å². The second-order valence-electron chi connectivity index (χ2n) is 4.81. The van der Waals surface area contributed by atoms with Crippen molar-refractivity contribution in [3.05, 3.63) is 34.6 Å². The number of benzene rings is 1. The number of hydrogen-bond donors (Lipinski definition) is 2. The standard InChI is InChI=1S/C13H15F7N2.ClH/c14-9-6-7(12(15,16)17)5-8(13(18,19)20)11(9)10(22)3-1-2-4-21;/h5-6,10H,1-4,21-22H2;1H/t10-;/m1./s1. The molecule has 0 heterocycles. The van der Waals surface area contributed by atoms with Gasteiger partial charge in [-0.3, -0.25) is 0 Å². The van der Waals surface area contributed by atoms with Crippen LogP contribution in [0.15, 0.2) is 12.1 Å². The van der Waals surface area contributed by atoms with Crippen LogP contribution in [0.2, 0.25) is 0 Å². The van der Waals surface area contributed by atoms with Crippen molar-refractivity contribution < 1.29 is 30.7 Å². The van der Waals surface area contributed by atoms with Crippen LogP contribution in [0.1, 0.15) is 42.0 Å². The molecule has 0 bridgehead atoms. The van der Waals surface area contributed by atoms with Crippen LogP contribution in [-0.4, -0.2) is 6.54 Å². The van der Waals surface area contributed by atoms with Crippen LogP contribution >= 0.6 is 12.4 Å². The van der Waals surface area contributed by atoms with Gasteiger partial charge in [0.1, 0.15) is 5.82 Å². The molecule has 0 unspecified atom stereocenters. The van der Waals surface area contributed by atoms with E-state index in [1.54, 1.807) is 0 Å². The van der Waals surface area contributed by atoms with Crippen LogP contribution in [0.25, 0.3) is 0 Å². The second-order valence-corrected chi connectivity index (χ2v) is 4.81. The predicted octanol–water partition coefficient (Wildman–Crippen LogP) is 4.41. The third-order valence-corrected chi connectivity index (χ3v) is 3.10. The van der Waals surface area contributed by atoms with Gasteiger partial charge in [-0.2, -0.15) is 26.3 Å². The lowest BCUT2D eigenvalue weighted by molar-refractivity contribution is -0.144. The van der Waals surface area contributed by atoms with Crippen molar-refractivity contribution in [2.24, 2.45) is 11.5 Å². The molecule has 1 aromatic rings. The van der Waals surface area contributed by atoms with E-state index in [4.69, 9.17) is 11.5 Å². The molecule has 0 amide bonds. The van der Waals surface area contributed by atoms with Crippen LogP contribution in [0, 0.1) is 5.82 Å². The van der Waals surface area contributed by atoms with Gasteiger partial charge in [0, 0.05) is 11.6 Å². The van der Waals surface area contributed by atoms with Crippen LogP contribution < -0.4 is 11.5 Å². The average Bonchev–Trinajstić information content (AvgIpc) is 2.35. The Bertz CT molecular complexity index is 514. The molecule has 1 atom stereocenters. The molecular weight excluding hydrogens is 353 g/mol. The van der Waals surface area contributed by atoms with Gasteiger partial charge in [0.25, 0.3) is 0 Å². The van der Waals surface area contributed by atoms with Gasteiger partial charge < -0.3 is 11.5 Å². The summed E-state index contributed by atoms with van der Waals surface area (Å²) in [7, 11) is 0. The molecule has 0 aliphatic heterocycles. The zero-order valence-corrected chi connectivity index (χ0v) is 12.6. The van der Waals surface area contributed by atoms with Gasteiger partial charge in [0.05, 0.1) is 11.1 Å². The highest BCUT2D eigenvalue weighted by atomic mass is 35.5. The molecule has 2 nitrogen and oxygen atoms in total. The quantitative estimate of drug-likeness (QED) is 0.597. The highest BCUT2D eigenvalue weighted by Gasteiger charge is 2.40. The Labute approximate surface area is 134 Å². The monoisotopic (exact) mass is 368 g/mol. The summed E-state index contributed by atoms with van der Waals surface area (Å²) in [6.07, 6.45) is -9.42. The molecule has 1 aromatic carbocycles. The highest BCUT2D eigenvalue weighted by molar-refractivity contribution is 5.85. The SMILES string of the molecule is Cl.NCCCC[C@@H](N)c1c(F)cc(C(F)(F)F)cc1C(F)(F)F. The summed E-state index contributed by atoms with van der Waals surface area (Å²) < 4.78 is 90.2. The largest absolute Gasteiger partial charge is 0.416 e. The molecule has 4 N–H and O–H groups in total. The summed E-state index contributed by atoms with van der Waals surface area (Å²) in [5.74, 6) is -1.61. The third-order valence-electron chi connectivity index (χ3n) is 3.10. The van der Waals surface area contributed by atoms with Crippen molar-refractivity contribution in [2.45, 2.75) is 37.7 Å².